The van der Waals surface area contributed by atoms with E-state index in [2.05, 4.69) is 44.4 Å². The van der Waals surface area contributed by atoms with Gasteiger partial charge in [-0.05, 0) is 44.2 Å². The summed E-state index contributed by atoms with van der Waals surface area (Å²) in [6, 6.07) is 13.8. The molecule has 0 saturated carbocycles. The van der Waals surface area contributed by atoms with E-state index in [1.54, 1.807) is 33.2 Å². The fourth-order valence-corrected chi connectivity index (χ4v) is 3.62. The second-order valence-electron chi connectivity index (χ2n) is 7.80. The number of piperazine rings is 1. The van der Waals surface area contributed by atoms with Gasteiger partial charge in [0, 0.05) is 52.5 Å². The van der Waals surface area contributed by atoms with Crippen molar-refractivity contribution in [1.82, 2.24) is 20.1 Å². The van der Waals surface area contributed by atoms with Gasteiger partial charge in [-0.2, -0.15) is 0 Å². The van der Waals surface area contributed by atoms with Crippen molar-refractivity contribution < 1.29 is 9.59 Å². The highest BCUT2D eigenvalue weighted by atomic mass is 16.2. The highest BCUT2D eigenvalue weighted by Crippen LogP contribution is 2.15. The summed E-state index contributed by atoms with van der Waals surface area (Å²) in [6.45, 7) is 7.47. The Bertz CT molecular complexity index is 861. The Kier molecular flexibility index (Phi) is 7.41. The van der Waals surface area contributed by atoms with E-state index in [1.165, 1.54) is 10.6 Å². The first-order chi connectivity index (χ1) is 14.5. The summed E-state index contributed by atoms with van der Waals surface area (Å²) in [5.41, 5.74) is 2.72. The van der Waals surface area contributed by atoms with Crippen LogP contribution >= 0.6 is 0 Å². The molecule has 1 aliphatic heterocycles. The van der Waals surface area contributed by atoms with Crippen molar-refractivity contribution in [3.63, 3.8) is 0 Å². The number of nitrogens with one attached hydrogen (secondary N) is 1. The number of carbonyl (C=O) groups is 2. The van der Waals surface area contributed by atoms with Crippen molar-refractivity contribution >= 4 is 17.5 Å². The van der Waals surface area contributed by atoms with Crippen LogP contribution in [-0.4, -0.2) is 80.0 Å². The fourth-order valence-electron chi connectivity index (χ4n) is 3.62. The number of aryl methyl sites for hydroxylation is 1. The van der Waals surface area contributed by atoms with Crippen molar-refractivity contribution in [1.29, 1.82) is 0 Å². The Hall–Kier alpha value is -2.93. The average molecular weight is 410 g/mol. The normalized spacial score (nSPS) is 14.4. The molecule has 0 bridgehead atoms. The molecule has 1 aromatic heterocycles. The lowest BCUT2D eigenvalue weighted by Gasteiger charge is -2.36. The van der Waals surface area contributed by atoms with Crippen molar-refractivity contribution in [2.75, 3.05) is 58.3 Å². The molecule has 1 aromatic carbocycles. The van der Waals surface area contributed by atoms with Crippen molar-refractivity contribution in [2.45, 2.75) is 13.3 Å². The number of amides is 2. The molecule has 0 aliphatic carbocycles. The number of hydrogen-bond acceptors (Lipinski definition) is 5. The lowest BCUT2D eigenvalue weighted by atomic mass is 10.1. The molecule has 2 heterocycles. The maximum Gasteiger partial charge on any atom is 0.271 e. The van der Waals surface area contributed by atoms with Gasteiger partial charge in [0.05, 0.1) is 11.3 Å². The van der Waals surface area contributed by atoms with Gasteiger partial charge in [-0.1, -0.05) is 18.2 Å². The minimum Gasteiger partial charge on any atom is -0.369 e. The zero-order valence-corrected chi connectivity index (χ0v) is 18.1. The third-order valence-corrected chi connectivity index (χ3v) is 5.39. The second kappa shape index (κ2) is 10.2. The number of aromatic nitrogens is 1. The number of benzene rings is 1. The van der Waals surface area contributed by atoms with Crippen LogP contribution in [0, 0.1) is 6.92 Å². The smallest absolute Gasteiger partial charge is 0.271 e. The third-order valence-electron chi connectivity index (χ3n) is 5.39. The van der Waals surface area contributed by atoms with Crippen molar-refractivity contribution in [3.05, 3.63) is 59.4 Å². The lowest BCUT2D eigenvalue weighted by molar-refractivity contribution is 0.0820. The number of rotatable bonds is 7. The van der Waals surface area contributed by atoms with Gasteiger partial charge in [0.1, 0.15) is 5.69 Å². The van der Waals surface area contributed by atoms with Crippen LogP contribution in [-0.2, 0) is 0 Å². The minimum absolute atomic E-state index is 0.141. The minimum atomic E-state index is -0.169. The zero-order valence-electron chi connectivity index (χ0n) is 18.1. The molecule has 2 aromatic rings. The predicted octanol–water partition coefficient (Wildman–Crippen LogP) is 2.03. The Morgan fingerprint density at radius 1 is 1.03 bits per heavy atom. The molecule has 2 amide bonds. The standard InChI is InChI=1S/C23H31N5O2/c1-18-20(10-11-21(25-18)23(30)26(2)3)22(29)24-12-7-13-27-14-16-28(17-15-27)19-8-5-4-6-9-19/h4-6,8-11H,7,12-17H2,1-3H3,(H,24,29). The molecule has 0 spiro atoms. The van der Waals surface area contributed by atoms with Gasteiger partial charge in [-0.25, -0.2) is 4.98 Å². The van der Waals surface area contributed by atoms with Gasteiger partial charge in [-0.3, -0.25) is 14.5 Å². The molecule has 1 N–H and O–H groups in total. The quantitative estimate of drug-likeness (QED) is 0.709. The fraction of sp³-hybridized carbons (Fsp3) is 0.435. The zero-order chi connectivity index (χ0) is 21.5. The number of para-hydroxylation sites is 1. The molecule has 30 heavy (non-hydrogen) atoms. The Morgan fingerprint density at radius 2 is 1.73 bits per heavy atom. The van der Waals surface area contributed by atoms with E-state index in [0.29, 0.717) is 23.5 Å². The Morgan fingerprint density at radius 3 is 2.37 bits per heavy atom. The highest BCUT2D eigenvalue weighted by molar-refractivity contribution is 5.97. The summed E-state index contributed by atoms with van der Waals surface area (Å²) >= 11 is 0. The summed E-state index contributed by atoms with van der Waals surface area (Å²) in [4.78, 5) is 35.1. The van der Waals surface area contributed by atoms with Crippen LogP contribution in [0.2, 0.25) is 0 Å². The molecule has 1 saturated heterocycles. The van der Waals surface area contributed by atoms with Crippen LogP contribution in [0.25, 0.3) is 0 Å². The number of hydrogen-bond donors (Lipinski definition) is 1. The van der Waals surface area contributed by atoms with Gasteiger partial charge in [0.25, 0.3) is 11.8 Å². The monoisotopic (exact) mass is 409 g/mol. The molecule has 0 unspecified atom stereocenters. The van der Waals surface area contributed by atoms with Crippen molar-refractivity contribution in [2.24, 2.45) is 0 Å². The largest absolute Gasteiger partial charge is 0.369 e. The lowest BCUT2D eigenvalue weighted by Crippen LogP contribution is -2.47. The van der Waals surface area contributed by atoms with Gasteiger partial charge < -0.3 is 15.1 Å². The number of pyridine rings is 1. The maximum absolute atomic E-state index is 12.5. The van der Waals surface area contributed by atoms with E-state index in [-0.39, 0.29) is 11.8 Å². The van der Waals surface area contributed by atoms with Crippen molar-refractivity contribution in [3.8, 4) is 0 Å². The first-order valence-electron chi connectivity index (χ1n) is 10.5. The Labute approximate surface area is 178 Å². The molecule has 0 atom stereocenters. The molecular formula is C23H31N5O2. The van der Waals surface area contributed by atoms with Gasteiger partial charge in [0.2, 0.25) is 0 Å². The van der Waals surface area contributed by atoms with E-state index in [1.807, 2.05) is 6.07 Å². The van der Waals surface area contributed by atoms with Gasteiger partial charge >= 0.3 is 0 Å². The van der Waals surface area contributed by atoms with E-state index in [4.69, 9.17) is 0 Å². The molecule has 7 heteroatoms. The third kappa shape index (κ3) is 5.57. The van der Waals surface area contributed by atoms with Crippen LogP contribution in [0.5, 0.6) is 0 Å². The number of nitrogens with zero attached hydrogens (tertiary/aromatic N) is 4. The van der Waals surface area contributed by atoms with E-state index < -0.39 is 0 Å². The first-order valence-corrected chi connectivity index (χ1v) is 10.5. The summed E-state index contributed by atoms with van der Waals surface area (Å²) in [5, 5.41) is 2.97. The molecule has 7 nitrogen and oxygen atoms in total. The van der Waals surface area contributed by atoms with Crippen LogP contribution in [0.15, 0.2) is 42.5 Å². The second-order valence-corrected chi connectivity index (χ2v) is 7.80. The maximum atomic E-state index is 12.5. The molecular weight excluding hydrogens is 378 g/mol. The topological polar surface area (TPSA) is 68.8 Å². The van der Waals surface area contributed by atoms with Gasteiger partial charge in [0.15, 0.2) is 0 Å². The Balaban J connectivity index is 1.40. The first kappa shape index (κ1) is 21.8. The average Bonchev–Trinajstić information content (AvgIpc) is 2.77. The van der Waals surface area contributed by atoms with E-state index in [9.17, 15) is 9.59 Å². The molecule has 3 rings (SSSR count). The SMILES string of the molecule is Cc1nc(C(=O)N(C)C)ccc1C(=O)NCCCN1CCN(c2ccccc2)CC1. The van der Waals surface area contributed by atoms with Crippen LogP contribution < -0.4 is 10.2 Å². The molecule has 160 valence electrons. The number of carbonyl (C=O) groups excluding carboxylic acids is 2. The van der Waals surface area contributed by atoms with E-state index in [0.717, 1.165) is 39.1 Å². The number of anilines is 1. The molecule has 1 aliphatic rings. The summed E-state index contributed by atoms with van der Waals surface area (Å²) in [7, 11) is 3.36. The summed E-state index contributed by atoms with van der Waals surface area (Å²) < 4.78 is 0. The molecule has 0 radical (unpaired) electrons. The van der Waals surface area contributed by atoms with Crippen LogP contribution in [0.4, 0.5) is 5.69 Å². The van der Waals surface area contributed by atoms with E-state index >= 15 is 0 Å². The van der Waals surface area contributed by atoms with Crippen LogP contribution in [0.1, 0.15) is 33.0 Å². The highest BCUT2D eigenvalue weighted by Gasteiger charge is 2.17. The predicted molar refractivity (Wildman–Crippen MR) is 119 cm³/mol. The van der Waals surface area contributed by atoms with Crippen LogP contribution in [0.3, 0.4) is 0 Å². The molecule has 1 fully saturated rings. The summed E-state index contributed by atoms with van der Waals surface area (Å²) in [5.74, 6) is -0.310. The summed E-state index contributed by atoms with van der Waals surface area (Å²) in [6.07, 6.45) is 0.904. The van der Waals surface area contributed by atoms with Gasteiger partial charge in [-0.15, -0.1) is 0 Å².